The SMILES string of the molecule is CNC(=O)CCNC(=O)c1ccc(-c2cccs2)nc1C. The van der Waals surface area contributed by atoms with E-state index in [1.807, 2.05) is 30.5 Å². The molecule has 2 heterocycles. The maximum atomic E-state index is 12.1. The van der Waals surface area contributed by atoms with Gasteiger partial charge in [-0.3, -0.25) is 14.6 Å². The fourth-order valence-corrected chi connectivity index (χ4v) is 2.57. The lowest BCUT2D eigenvalue weighted by atomic mass is 10.1. The minimum absolute atomic E-state index is 0.0989. The molecule has 0 radical (unpaired) electrons. The molecule has 2 aromatic rings. The number of thiophene rings is 1. The Morgan fingerprint density at radius 1 is 1.29 bits per heavy atom. The summed E-state index contributed by atoms with van der Waals surface area (Å²) in [4.78, 5) is 28.7. The van der Waals surface area contributed by atoms with E-state index in [4.69, 9.17) is 0 Å². The summed E-state index contributed by atoms with van der Waals surface area (Å²) in [7, 11) is 1.57. The number of carbonyl (C=O) groups excluding carboxylic acids is 2. The zero-order valence-electron chi connectivity index (χ0n) is 12.0. The Hall–Kier alpha value is -2.21. The topological polar surface area (TPSA) is 71.1 Å². The fourth-order valence-electron chi connectivity index (χ4n) is 1.87. The van der Waals surface area contributed by atoms with Crippen molar-refractivity contribution in [2.24, 2.45) is 0 Å². The van der Waals surface area contributed by atoms with Crippen LogP contribution in [0.5, 0.6) is 0 Å². The van der Waals surface area contributed by atoms with Crippen LogP contribution in [0.15, 0.2) is 29.6 Å². The van der Waals surface area contributed by atoms with Crippen LogP contribution in [0.2, 0.25) is 0 Å². The van der Waals surface area contributed by atoms with Gasteiger partial charge in [-0.05, 0) is 30.5 Å². The minimum atomic E-state index is -0.207. The third-order valence-corrected chi connectivity index (χ3v) is 3.91. The molecule has 0 unspecified atom stereocenters. The van der Waals surface area contributed by atoms with Crippen LogP contribution in [-0.4, -0.2) is 30.4 Å². The molecule has 0 fully saturated rings. The average Bonchev–Trinajstić information content (AvgIpc) is 3.00. The molecule has 0 aliphatic rings. The summed E-state index contributed by atoms with van der Waals surface area (Å²) in [6, 6.07) is 7.57. The number of nitrogens with one attached hydrogen (secondary N) is 2. The fraction of sp³-hybridized carbons (Fsp3) is 0.267. The number of nitrogens with zero attached hydrogens (tertiary/aromatic N) is 1. The second kappa shape index (κ2) is 6.99. The van der Waals surface area contributed by atoms with Crippen molar-refractivity contribution in [3.63, 3.8) is 0 Å². The standard InChI is InChI=1S/C15H17N3O2S/c1-10-11(15(20)17-8-7-14(19)16-2)5-6-12(18-10)13-4-3-9-21-13/h3-6,9H,7-8H2,1-2H3,(H,16,19)(H,17,20). The number of hydrogen-bond acceptors (Lipinski definition) is 4. The quantitative estimate of drug-likeness (QED) is 0.887. The number of aromatic nitrogens is 1. The molecule has 2 aromatic heterocycles. The van der Waals surface area contributed by atoms with Gasteiger partial charge in [0, 0.05) is 20.0 Å². The van der Waals surface area contributed by atoms with E-state index in [1.54, 1.807) is 24.5 Å². The summed E-state index contributed by atoms with van der Waals surface area (Å²) in [6.45, 7) is 2.12. The molecule has 0 spiro atoms. The summed E-state index contributed by atoms with van der Waals surface area (Å²) in [5.41, 5.74) is 2.08. The average molecular weight is 303 g/mol. The molecule has 110 valence electrons. The smallest absolute Gasteiger partial charge is 0.253 e. The van der Waals surface area contributed by atoms with Gasteiger partial charge in [0.15, 0.2) is 0 Å². The van der Waals surface area contributed by atoms with Crippen molar-refractivity contribution in [1.29, 1.82) is 0 Å². The Bertz CT molecular complexity index is 638. The Balaban J connectivity index is 2.03. The van der Waals surface area contributed by atoms with Crippen LogP contribution in [0.3, 0.4) is 0 Å². The van der Waals surface area contributed by atoms with Gasteiger partial charge in [-0.2, -0.15) is 0 Å². The van der Waals surface area contributed by atoms with E-state index in [2.05, 4.69) is 15.6 Å². The molecule has 0 aliphatic heterocycles. The number of aryl methyl sites for hydroxylation is 1. The van der Waals surface area contributed by atoms with Crippen LogP contribution < -0.4 is 10.6 Å². The first-order valence-electron chi connectivity index (χ1n) is 6.62. The molecule has 0 atom stereocenters. The monoisotopic (exact) mass is 303 g/mol. The van der Waals surface area contributed by atoms with E-state index in [9.17, 15) is 9.59 Å². The number of amides is 2. The zero-order chi connectivity index (χ0) is 15.2. The number of carbonyl (C=O) groups is 2. The van der Waals surface area contributed by atoms with E-state index in [1.165, 1.54) is 0 Å². The first kappa shape index (κ1) is 15.2. The molecule has 2 amide bonds. The maximum absolute atomic E-state index is 12.1. The van der Waals surface area contributed by atoms with Crippen LogP contribution >= 0.6 is 11.3 Å². The lowest BCUT2D eigenvalue weighted by molar-refractivity contribution is -0.120. The van der Waals surface area contributed by atoms with Crippen molar-refractivity contribution in [2.75, 3.05) is 13.6 Å². The van der Waals surface area contributed by atoms with Gasteiger partial charge in [0.25, 0.3) is 5.91 Å². The predicted molar refractivity (Wildman–Crippen MR) is 83.3 cm³/mol. The molecule has 0 aromatic carbocycles. The summed E-state index contributed by atoms with van der Waals surface area (Å²) < 4.78 is 0. The highest BCUT2D eigenvalue weighted by Gasteiger charge is 2.11. The van der Waals surface area contributed by atoms with Gasteiger partial charge in [-0.1, -0.05) is 6.07 Å². The summed E-state index contributed by atoms with van der Waals surface area (Å²) >= 11 is 1.61. The Morgan fingerprint density at radius 2 is 2.10 bits per heavy atom. The molecule has 2 rings (SSSR count). The summed E-state index contributed by atoms with van der Waals surface area (Å²) in [5, 5.41) is 7.23. The molecule has 0 saturated heterocycles. The number of rotatable bonds is 5. The first-order valence-corrected chi connectivity index (χ1v) is 7.50. The maximum Gasteiger partial charge on any atom is 0.253 e. The van der Waals surface area contributed by atoms with Gasteiger partial charge in [-0.25, -0.2) is 0 Å². The highest BCUT2D eigenvalue weighted by Crippen LogP contribution is 2.23. The molecule has 5 nitrogen and oxygen atoms in total. The van der Waals surface area contributed by atoms with Gasteiger partial charge in [0.1, 0.15) is 0 Å². The van der Waals surface area contributed by atoms with Gasteiger partial charge in [-0.15, -0.1) is 11.3 Å². The number of hydrogen-bond donors (Lipinski definition) is 2. The van der Waals surface area contributed by atoms with Gasteiger partial charge >= 0.3 is 0 Å². The highest BCUT2D eigenvalue weighted by molar-refractivity contribution is 7.13. The second-order valence-electron chi connectivity index (χ2n) is 4.49. The molecule has 6 heteroatoms. The molecule has 0 aliphatic carbocycles. The van der Waals surface area contributed by atoms with Crippen molar-refractivity contribution in [3.8, 4) is 10.6 Å². The van der Waals surface area contributed by atoms with E-state index in [0.29, 0.717) is 17.8 Å². The zero-order valence-corrected chi connectivity index (χ0v) is 12.8. The van der Waals surface area contributed by atoms with E-state index in [0.717, 1.165) is 10.6 Å². The van der Waals surface area contributed by atoms with Crippen LogP contribution in [0, 0.1) is 6.92 Å². The first-order chi connectivity index (χ1) is 10.1. The van der Waals surface area contributed by atoms with Crippen LogP contribution in [0.1, 0.15) is 22.5 Å². The van der Waals surface area contributed by atoms with Crippen molar-refractivity contribution < 1.29 is 9.59 Å². The predicted octanol–water partition coefficient (Wildman–Crippen LogP) is 1.98. The Morgan fingerprint density at radius 3 is 2.71 bits per heavy atom. The lowest BCUT2D eigenvalue weighted by Crippen LogP contribution is -2.29. The van der Waals surface area contributed by atoms with Crippen molar-refractivity contribution in [2.45, 2.75) is 13.3 Å². The largest absolute Gasteiger partial charge is 0.359 e. The molecular formula is C15H17N3O2S. The number of pyridine rings is 1. The van der Waals surface area contributed by atoms with Crippen molar-refractivity contribution in [1.82, 2.24) is 15.6 Å². The van der Waals surface area contributed by atoms with Crippen LogP contribution in [0.4, 0.5) is 0 Å². The van der Waals surface area contributed by atoms with Crippen molar-refractivity contribution >= 4 is 23.2 Å². The summed E-state index contributed by atoms with van der Waals surface area (Å²) in [5.74, 6) is -0.306. The third-order valence-electron chi connectivity index (χ3n) is 3.02. The van der Waals surface area contributed by atoms with E-state index in [-0.39, 0.29) is 18.2 Å². The molecule has 21 heavy (non-hydrogen) atoms. The molecular weight excluding hydrogens is 286 g/mol. The highest BCUT2D eigenvalue weighted by atomic mass is 32.1. The summed E-state index contributed by atoms with van der Waals surface area (Å²) in [6.07, 6.45) is 0.266. The third kappa shape index (κ3) is 3.88. The van der Waals surface area contributed by atoms with Crippen LogP contribution in [0.25, 0.3) is 10.6 Å². The van der Waals surface area contributed by atoms with Crippen LogP contribution in [-0.2, 0) is 4.79 Å². The van der Waals surface area contributed by atoms with Gasteiger partial charge < -0.3 is 10.6 Å². The normalized spacial score (nSPS) is 10.2. The Kier molecular flexibility index (Phi) is 5.05. The second-order valence-corrected chi connectivity index (χ2v) is 5.43. The molecule has 0 bridgehead atoms. The van der Waals surface area contributed by atoms with Crippen molar-refractivity contribution in [3.05, 3.63) is 40.9 Å². The van der Waals surface area contributed by atoms with E-state index < -0.39 is 0 Å². The van der Waals surface area contributed by atoms with Gasteiger partial charge in [0.05, 0.1) is 21.8 Å². The van der Waals surface area contributed by atoms with Gasteiger partial charge in [0.2, 0.25) is 5.91 Å². The lowest BCUT2D eigenvalue weighted by Gasteiger charge is -2.08. The Labute approximate surface area is 127 Å². The minimum Gasteiger partial charge on any atom is -0.359 e. The van der Waals surface area contributed by atoms with E-state index >= 15 is 0 Å². The molecule has 0 saturated carbocycles. The molecule has 2 N–H and O–H groups in total.